The number of anilines is 2. The number of nitrogens with zero attached hydrogens (tertiary/aromatic N) is 2. The van der Waals surface area contributed by atoms with E-state index in [9.17, 15) is 23.9 Å². The number of hydrogen-bond donors (Lipinski definition) is 4. The lowest BCUT2D eigenvalue weighted by Crippen LogP contribution is -2.36. The topological polar surface area (TPSA) is 132 Å². The molecule has 0 spiro atoms. The first-order chi connectivity index (χ1) is 20.7. The normalized spacial score (nSPS) is 14.3. The molecule has 1 saturated carbocycles. The largest absolute Gasteiger partial charge is 0.479 e. The fraction of sp³-hybridized carbons (Fsp3) is 0.290. The van der Waals surface area contributed by atoms with E-state index in [4.69, 9.17) is 5.11 Å². The highest BCUT2D eigenvalue weighted by molar-refractivity contribution is 9.10. The highest BCUT2D eigenvalue weighted by Gasteiger charge is 2.21. The Bertz CT molecular complexity index is 1620. The van der Waals surface area contributed by atoms with Gasteiger partial charge >= 0.3 is 12.0 Å². The number of urea groups is 1. The molecule has 4 N–H and O–H groups in total. The van der Waals surface area contributed by atoms with Crippen molar-refractivity contribution in [3.63, 3.8) is 0 Å². The lowest BCUT2D eigenvalue weighted by molar-refractivity contribution is -0.146. The Morgan fingerprint density at radius 2 is 1.74 bits per heavy atom. The van der Waals surface area contributed by atoms with Gasteiger partial charge in [-0.3, -0.25) is 15.0 Å². The molecule has 3 amide bonds. The summed E-state index contributed by atoms with van der Waals surface area (Å²) in [5, 5.41) is 23.7. The molecular formula is C31H30BrFN4O5S. The van der Waals surface area contributed by atoms with Crippen LogP contribution in [0, 0.1) is 5.82 Å². The highest BCUT2D eigenvalue weighted by atomic mass is 79.9. The van der Waals surface area contributed by atoms with Gasteiger partial charge in [-0.25, -0.2) is 19.0 Å². The van der Waals surface area contributed by atoms with Gasteiger partial charge in [-0.2, -0.15) is 0 Å². The number of rotatable bonds is 9. The van der Waals surface area contributed by atoms with E-state index in [1.165, 1.54) is 30.9 Å². The molecule has 0 unspecified atom stereocenters. The lowest BCUT2D eigenvalue weighted by Gasteiger charge is -2.25. The maximum atomic E-state index is 14.5. The van der Waals surface area contributed by atoms with Crippen molar-refractivity contribution >= 4 is 66.2 Å². The summed E-state index contributed by atoms with van der Waals surface area (Å²) in [6, 6.07) is 17.1. The van der Waals surface area contributed by atoms with Crippen LogP contribution in [-0.4, -0.2) is 45.8 Å². The van der Waals surface area contributed by atoms with E-state index < -0.39 is 36.4 Å². The van der Waals surface area contributed by atoms with Crippen molar-refractivity contribution in [3.05, 3.63) is 87.6 Å². The average molecular weight is 670 g/mol. The Morgan fingerprint density at radius 1 is 1.05 bits per heavy atom. The number of amides is 3. The van der Waals surface area contributed by atoms with Crippen molar-refractivity contribution in [3.8, 4) is 0 Å². The van der Waals surface area contributed by atoms with Crippen LogP contribution in [0.25, 0.3) is 10.2 Å². The van der Waals surface area contributed by atoms with Gasteiger partial charge < -0.3 is 15.5 Å². The summed E-state index contributed by atoms with van der Waals surface area (Å²) in [5.74, 6) is -1.88. The zero-order valence-electron chi connectivity index (χ0n) is 23.1. The number of aliphatic hydroxyl groups excluding tert-OH is 1. The Hall–Kier alpha value is -3.87. The molecule has 9 nitrogen and oxygen atoms in total. The first-order valence-electron chi connectivity index (χ1n) is 13.9. The van der Waals surface area contributed by atoms with Gasteiger partial charge in [0.1, 0.15) is 5.82 Å². The standard InChI is InChI=1S/C31H30BrFN4O5S/c32-22-14-24(33)27-25(15-22)35-30(43-27)36-31(42)37(23-12-10-20(11-13-23)19-4-2-1-3-5-19)17-18-6-8-21(9-7-18)28(39)34-16-26(38)29(40)41/h6-15,19,26,38H,1-5,16-17H2,(H,34,39)(H,40,41)(H,35,36,42)/t26-/m1/s1. The van der Waals surface area contributed by atoms with Crippen molar-refractivity contribution in [2.75, 3.05) is 16.8 Å². The second-order valence-electron chi connectivity index (χ2n) is 10.5. The number of nitrogens with one attached hydrogen (secondary N) is 2. The van der Waals surface area contributed by atoms with E-state index >= 15 is 0 Å². The summed E-state index contributed by atoms with van der Waals surface area (Å²) >= 11 is 4.32. The minimum atomic E-state index is -1.70. The van der Waals surface area contributed by atoms with E-state index in [2.05, 4.69) is 43.7 Å². The molecule has 5 rings (SSSR count). The molecular weight excluding hydrogens is 639 g/mol. The second kappa shape index (κ2) is 13.6. The van der Waals surface area contributed by atoms with E-state index in [1.54, 1.807) is 35.2 Å². The highest BCUT2D eigenvalue weighted by Crippen LogP contribution is 2.34. The van der Waals surface area contributed by atoms with Gasteiger partial charge in [-0.05, 0) is 66.3 Å². The Kier molecular flexibility index (Phi) is 9.69. The van der Waals surface area contributed by atoms with Crippen LogP contribution in [0.5, 0.6) is 0 Å². The predicted octanol–water partition coefficient (Wildman–Crippen LogP) is 6.66. The van der Waals surface area contributed by atoms with E-state index in [1.807, 2.05) is 12.1 Å². The van der Waals surface area contributed by atoms with E-state index in [-0.39, 0.29) is 17.2 Å². The predicted molar refractivity (Wildman–Crippen MR) is 167 cm³/mol. The quantitative estimate of drug-likeness (QED) is 0.158. The maximum Gasteiger partial charge on any atom is 0.334 e. The van der Waals surface area contributed by atoms with Crippen LogP contribution in [0.2, 0.25) is 0 Å². The molecule has 4 aromatic rings. The average Bonchev–Trinajstić information content (AvgIpc) is 3.41. The number of fused-ring (bicyclic) bond motifs is 1. The van der Waals surface area contributed by atoms with Crippen LogP contribution in [-0.2, 0) is 11.3 Å². The molecule has 224 valence electrons. The van der Waals surface area contributed by atoms with E-state index in [0.717, 1.165) is 29.7 Å². The molecule has 12 heteroatoms. The minimum absolute atomic E-state index is 0.166. The van der Waals surface area contributed by atoms with Crippen molar-refractivity contribution in [1.82, 2.24) is 10.3 Å². The molecule has 0 bridgehead atoms. The SMILES string of the molecule is O=C(NC[C@@H](O)C(=O)O)c1ccc(CN(C(=O)Nc2nc3cc(Br)cc(F)c3s2)c2ccc(C3CCCCC3)cc2)cc1. The number of carbonyl (C=O) groups is 3. The lowest BCUT2D eigenvalue weighted by atomic mass is 9.84. The number of carbonyl (C=O) groups excluding carboxylic acids is 2. The Labute approximate surface area is 259 Å². The third-order valence-corrected chi connectivity index (χ3v) is 8.90. The first kappa shape index (κ1) is 30.6. The number of aromatic nitrogens is 1. The summed E-state index contributed by atoms with van der Waals surface area (Å²) in [6.07, 6.45) is 4.31. The Balaban J connectivity index is 1.36. The van der Waals surface area contributed by atoms with Crippen molar-refractivity contribution in [2.45, 2.75) is 50.7 Å². The van der Waals surface area contributed by atoms with Crippen molar-refractivity contribution < 1.29 is 29.0 Å². The van der Waals surface area contributed by atoms with Crippen LogP contribution in [0.15, 0.2) is 65.1 Å². The van der Waals surface area contributed by atoms with E-state index in [0.29, 0.717) is 26.3 Å². The molecule has 1 atom stereocenters. The maximum absolute atomic E-state index is 14.5. The molecule has 3 aromatic carbocycles. The van der Waals surface area contributed by atoms with Crippen molar-refractivity contribution in [1.29, 1.82) is 0 Å². The molecule has 1 fully saturated rings. The van der Waals surface area contributed by atoms with Crippen LogP contribution >= 0.6 is 27.3 Å². The molecule has 1 aliphatic rings. The monoisotopic (exact) mass is 668 g/mol. The molecule has 0 aliphatic heterocycles. The molecule has 43 heavy (non-hydrogen) atoms. The Morgan fingerprint density at radius 3 is 2.42 bits per heavy atom. The van der Waals surface area contributed by atoms with Crippen molar-refractivity contribution in [2.24, 2.45) is 0 Å². The summed E-state index contributed by atoms with van der Waals surface area (Å²) in [4.78, 5) is 42.8. The van der Waals surface area contributed by atoms with Gasteiger partial charge in [0.2, 0.25) is 0 Å². The number of carboxylic acids is 1. The van der Waals surface area contributed by atoms with Gasteiger partial charge in [0, 0.05) is 15.7 Å². The van der Waals surface area contributed by atoms with Crippen LogP contribution in [0.4, 0.5) is 20.0 Å². The molecule has 0 radical (unpaired) electrons. The number of aliphatic carboxylic acids is 1. The summed E-state index contributed by atoms with van der Waals surface area (Å²) in [7, 11) is 0. The summed E-state index contributed by atoms with van der Waals surface area (Å²) < 4.78 is 15.4. The van der Waals surface area contributed by atoms with Crippen LogP contribution in [0.1, 0.15) is 59.5 Å². The van der Waals surface area contributed by atoms with Crippen LogP contribution in [0.3, 0.4) is 0 Å². The fourth-order valence-electron chi connectivity index (χ4n) is 5.14. The molecule has 0 saturated heterocycles. The van der Waals surface area contributed by atoms with Gasteiger partial charge in [0.15, 0.2) is 11.2 Å². The minimum Gasteiger partial charge on any atom is -0.479 e. The second-order valence-corrected chi connectivity index (χ2v) is 12.4. The fourth-order valence-corrected chi connectivity index (χ4v) is 6.40. The number of benzene rings is 3. The number of halogens is 2. The van der Waals surface area contributed by atoms with Crippen LogP contribution < -0.4 is 15.5 Å². The molecule has 1 aromatic heterocycles. The first-order valence-corrected chi connectivity index (χ1v) is 15.5. The molecule has 1 heterocycles. The van der Waals surface area contributed by atoms with Gasteiger partial charge in [0.05, 0.1) is 23.3 Å². The van der Waals surface area contributed by atoms with Gasteiger partial charge in [-0.15, -0.1) is 0 Å². The molecule has 1 aliphatic carbocycles. The van der Waals surface area contributed by atoms with Gasteiger partial charge in [-0.1, -0.05) is 70.8 Å². The number of thiazole rings is 1. The number of aliphatic hydroxyl groups is 1. The van der Waals surface area contributed by atoms with Gasteiger partial charge in [0.25, 0.3) is 5.91 Å². The summed E-state index contributed by atoms with van der Waals surface area (Å²) in [5.41, 5.74) is 3.35. The number of hydrogen-bond acceptors (Lipinski definition) is 6. The smallest absolute Gasteiger partial charge is 0.334 e. The third kappa shape index (κ3) is 7.56. The summed E-state index contributed by atoms with van der Waals surface area (Å²) in [6.45, 7) is -0.258. The zero-order chi connectivity index (χ0) is 30.5. The number of carboxylic acid groups (broad SMARTS) is 1. The third-order valence-electron chi connectivity index (χ3n) is 7.45. The zero-order valence-corrected chi connectivity index (χ0v) is 25.5.